The topological polar surface area (TPSA) is 39.9 Å². The van der Waals surface area contributed by atoms with E-state index in [0.717, 1.165) is 16.3 Å². The van der Waals surface area contributed by atoms with Crippen molar-refractivity contribution in [2.75, 3.05) is 18.5 Å². The molecular formula is C7H8BrN3S. The standard InChI is InChI=1S/C7H8BrN3S/c1-11(4-2-3-9)7-10-6(8)5-12-7/h5H,2,4H2,1H3. The number of thiazole rings is 1. The first-order valence-corrected chi connectivity index (χ1v) is 5.10. The summed E-state index contributed by atoms with van der Waals surface area (Å²) in [4.78, 5) is 6.19. The van der Waals surface area contributed by atoms with Gasteiger partial charge in [-0.2, -0.15) is 5.26 Å². The second-order valence-electron chi connectivity index (χ2n) is 2.28. The van der Waals surface area contributed by atoms with E-state index in [1.54, 1.807) is 11.3 Å². The average Bonchev–Trinajstić information content (AvgIpc) is 2.47. The minimum absolute atomic E-state index is 0.535. The van der Waals surface area contributed by atoms with Crippen LogP contribution in [0.2, 0.25) is 0 Å². The van der Waals surface area contributed by atoms with Crippen LogP contribution >= 0.6 is 27.3 Å². The van der Waals surface area contributed by atoms with Crippen molar-refractivity contribution >= 4 is 32.4 Å². The number of nitriles is 1. The van der Waals surface area contributed by atoms with E-state index in [-0.39, 0.29) is 0 Å². The van der Waals surface area contributed by atoms with Crippen molar-refractivity contribution in [2.24, 2.45) is 0 Å². The Morgan fingerprint density at radius 2 is 2.58 bits per heavy atom. The lowest BCUT2D eigenvalue weighted by Gasteiger charge is -2.12. The van der Waals surface area contributed by atoms with E-state index < -0.39 is 0 Å². The lowest BCUT2D eigenvalue weighted by atomic mass is 10.4. The van der Waals surface area contributed by atoms with Gasteiger partial charge in [0, 0.05) is 19.0 Å². The lowest BCUT2D eigenvalue weighted by molar-refractivity contribution is 0.897. The summed E-state index contributed by atoms with van der Waals surface area (Å²) in [5.74, 6) is 0. The number of rotatable bonds is 3. The van der Waals surface area contributed by atoms with Gasteiger partial charge in [-0.3, -0.25) is 0 Å². The van der Waals surface area contributed by atoms with Gasteiger partial charge in [0.05, 0.1) is 12.5 Å². The van der Waals surface area contributed by atoms with Crippen LogP contribution < -0.4 is 4.90 Å². The van der Waals surface area contributed by atoms with E-state index in [9.17, 15) is 0 Å². The molecule has 0 saturated carbocycles. The summed E-state index contributed by atoms with van der Waals surface area (Å²) in [7, 11) is 1.93. The monoisotopic (exact) mass is 245 g/mol. The van der Waals surface area contributed by atoms with Crippen LogP contribution in [0.4, 0.5) is 5.13 Å². The van der Waals surface area contributed by atoms with Crippen LogP contribution in [0.1, 0.15) is 6.42 Å². The van der Waals surface area contributed by atoms with Crippen LogP contribution in [0.3, 0.4) is 0 Å². The molecule has 1 heterocycles. The first kappa shape index (κ1) is 9.49. The van der Waals surface area contributed by atoms with Crippen molar-refractivity contribution in [3.63, 3.8) is 0 Å². The number of anilines is 1. The summed E-state index contributed by atoms with van der Waals surface area (Å²) < 4.78 is 0.853. The summed E-state index contributed by atoms with van der Waals surface area (Å²) in [5, 5.41) is 11.2. The maximum atomic E-state index is 8.36. The highest BCUT2D eigenvalue weighted by atomic mass is 79.9. The molecule has 1 aromatic rings. The number of halogens is 1. The molecule has 12 heavy (non-hydrogen) atoms. The second-order valence-corrected chi connectivity index (χ2v) is 3.93. The largest absolute Gasteiger partial charge is 0.350 e. The van der Waals surface area contributed by atoms with Crippen molar-refractivity contribution < 1.29 is 0 Å². The summed E-state index contributed by atoms with van der Waals surface area (Å²) in [6.45, 7) is 0.733. The Morgan fingerprint density at radius 3 is 3.08 bits per heavy atom. The van der Waals surface area contributed by atoms with Gasteiger partial charge < -0.3 is 4.90 Å². The predicted molar refractivity (Wildman–Crippen MR) is 53.3 cm³/mol. The number of nitrogens with zero attached hydrogens (tertiary/aromatic N) is 3. The van der Waals surface area contributed by atoms with Crippen molar-refractivity contribution in [3.8, 4) is 6.07 Å². The van der Waals surface area contributed by atoms with Gasteiger partial charge in [0.15, 0.2) is 5.13 Å². The predicted octanol–water partition coefficient (Wildman–Crippen LogP) is 2.26. The Bertz CT molecular complexity index is 291. The zero-order valence-electron chi connectivity index (χ0n) is 6.62. The van der Waals surface area contributed by atoms with E-state index >= 15 is 0 Å². The van der Waals surface area contributed by atoms with E-state index in [1.807, 2.05) is 17.3 Å². The molecule has 0 aliphatic heterocycles. The third kappa shape index (κ3) is 2.47. The Labute approximate surface area is 83.8 Å². The van der Waals surface area contributed by atoms with Gasteiger partial charge in [0.25, 0.3) is 0 Å². The van der Waals surface area contributed by atoms with Gasteiger partial charge in [0.2, 0.25) is 0 Å². The van der Waals surface area contributed by atoms with Crippen LogP contribution in [0.5, 0.6) is 0 Å². The van der Waals surface area contributed by atoms with Crippen molar-refractivity contribution in [1.82, 2.24) is 4.98 Å². The summed E-state index contributed by atoms with van der Waals surface area (Å²) in [6.07, 6.45) is 0.535. The molecule has 0 spiro atoms. The number of aromatic nitrogens is 1. The number of hydrogen-bond acceptors (Lipinski definition) is 4. The molecule has 1 aromatic heterocycles. The zero-order chi connectivity index (χ0) is 8.97. The number of hydrogen-bond donors (Lipinski definition) is 0. The zero-order valence-corrected chi connectivity index (χ0v) is 9.02. The molecule has 0 amide bonds. The molecule has 0 fully saturated rings. The van der Waals surface area contributed by atoms with Crippen LogP contribution in [0.15, 0.2) is 9.98 Å². The summed E-state index contributed by atoms with van der Waals surface area (Å²) in [6, 6.07) is 2.10. The first-order chi connectivity index (χ1) is 5.74. The van der Waals surface area contributed by atoms with Crippen molar-refractivity contribution in [1.29, 1.82) is 5.26 Å². The molecule has 3 nitrogen and oxygen atoms in total. The molecule has 5 heteroatoms. The highest BCUT2D eigenvalue weighted by Crippen LogP contribution is 2.22. The highest BCUT2D eigenvalue weighted by Gasteiger charge is 2.04. The molecule has 0 atom stereocenters. The fraction of sp³-hybridized carbons (Fsp3) is 0.429. The third-order valence-corrected chi connectivity index (χ3v) is 3.01. The minimum atomic E-state index is 0.535. The lowest BCUT2D eigenvalue weighted by Crippen LogP contribution is -2.17. The molecule has 1 rings (SSSR count). The second kappa shape index (κ2) is 4.43. The van der Waals surface area contributed by atoms with Crippen LogP contribution in [-0.4, -0.2) is 18.6 Å². The van der Waals surface area contributed by atoms with E-state index in [2.05, 4.69) is 27.0 Å². The fourth-order valence-corrected chi connectivity index (χ4v) is 1.98. The molecule has 0 radical (unpaired) electrons. The average molecular weight is 246 g/mol. The molecule has 0 aliphatic carbocycles. The van der Waals surface area contributed by atoms with Gasteiger partial charge in [-0.25, -0.2) is 4.98 Å². The van der Waals surface area contributed by atoms with Crippen LogP contribution in [0.25, 0.3) is 0 Å². The maximum Gasteiger partial charge on any atom is 0.186 e. The third-order valence-electron chi connectivity index (χ3n) is 1.35. The molecule has 0 unspecified atom stereocenters. The molecule has 0 N–H and O–H groups in total. The Morgan fingerprint density at radius 1 is 1.83 bits per heavy atom. The summed E-state index contributed by atoms with van der Waals surface area (Å²) in [5.41, 5.74) is 0. The maximum absolute atomic E-state index is 8.36. The normalized spacial score (nSPS) is 9.42. The van der Waals surface area contributed by atoms with E-state index in [1.165, 1.54) is 0 Å². The molecular weight excluding hydrogens is 238 g/mol. The van der Waals surface area contributed by atoms with Gasteiger partial charge in [0.1, 0.15) is 4.60 Å². The van der Waals surface area contributed by atoms with Gasteiger partial charge in [-0.15, -0.1) is 11.3 Å². The van der Waals surface area contributed by atoms with Gasteiger partial charge in [-0.05, 0) is 15.9 Å². The van der Waals surface area contributed by atoms with Crippen LogP contribution in [0, 0.1) is 11.3 Å². The minimum Gasteiger partial charge on any atom is -0.350 e. The Balaban J connectivity index is 2.54. The SMILES string of the molecule is CN(CCC#N)c1nc(Br)cs1. The smallest absolute Gasteiger partial charge is 0.186 e. The Kier molecular flexibility index (Phi) is 3.50. The van der Waals surface area contributed by atoms with E-state index in [4.69, 9.17) is 5.26 Å². The molecule has 0 aliphatic rings. The van der Waals surface area contributed by atoms with Crippen LogP contribution in [-0.2, 0) is 0 Å². The fourth-order valence-electron chi connectivity index (χ4n) is 0.734. The van der Waals surface area contributed by atoms with Gasteiger partial charge >= 0.3 is 0 Å². The highest BCUT2D eigenvalue weighted by molar-refractivity contribution is 9.10. The molecule has 0 saturated heterocycles. The van der Waals surface area contributed by atoms with Crippen molar-refractivity contribution in [2.45, 2.75) is 6.42 Å². The van der Waals surface area contributed by atoms with Crippen molar-refractivity contribution in [3.05, 3.63) is 9.98 Å². The molecule has 0 bridgehead atoms. The quantitative estimate of drug-likeness (QED) is 0.821. The molecule has 64 valence electrons. The Hall–Kier alpha value is -0.600. The molecule has 0 aromatic carbocycles. The van der Waals surface area contributed by atoms with E-state index in [0.29, 0.717) is 6.42 Å². The van der Waals surface area contributed by atoms with Gasteiger partial charge in [-0.1, -0.05) is 0 Å². The summed E-state index contributed by atoms with van der Waals surface area (Å²) >= 11 is 4.84. The first-order valence-electron chi connectivity index (χ1n) is 3.43.